The molecule has 3 aromatic carbocycles. The highest BCUT2D eigenvalue weighted by atomic mass is 35.5. The van der Waals surface area contributed by atoms with Gasteiger partial charge in [0.05, 0.1) is 29.2 Å². The zero-order chi connectivity index (χ0) is 23.6. The lowest BCUT2D eigenvalue weighted by Gasteiger charge is -2.11. The highest BCUT2D eigenvalue weighted by molar-refractivity contribution is 6.32. The lowest BCUT2D eigenvalue weighted by atomic mass is 10.1. The van der Waals surface area contributed by atoms with Crippen molar-refractivity contribution in [3.8, 4) is 22.7 Å². The van der Waals surface area contributed by atoms with Crippen LogP contribution in [-0.4, -0.2) is 22.8 Å². The second kappa shape index (κ2) is 8.99. The third kappa shape index (κ3) is 4.70. The lowest BCUT2D eigenvalue weighted by molar-refractivity contribution is -0.141. The van der Waals surface area contributed by atoms with Crippen molar-refractivity contribution < 1.29 is 22.7 Å². The molecule has 0 aliphatic rings. The number of alkyl halides is 3. The van der Waals surface area contributed by atoms with Gasteiger partial charge >= 0.3 is 6.18 Å². The highest BCUT2D eigenvalue weighted by Gasteiger charge is 2.35. The number of hydrogen-bond donors (Lipinski definition) is 1. The van der Waals surface area contributed by atoms with Crippen LogP contribution in [0.5, 0.6) is 5.75 Å². The quantitative estimate of drug-likeness (QED) is 0.363. The Morgan fingerprint density at radius 1 is 1.00 bits per heavy atom. The molecule has 33 heavy (non-hydrogen) atoms. The van der Waals surface area contributed by atoms with E-state index in [1.807, 2.05) is 0 Å². The zero-order valence-corrected chi connectivity index (χ0v) is 18.0. The fourth-order valence-corrected chi connectivity index (χ4v) is 3.48. The molecule has 0 unspecified atom stereocenters. The number of methoxy groups -OCH3 is 1. The van der Waals surface area contributed by atoms with Crippen molar-refractivity contribution in [1.29, 1.82) is 0 Å². The minimum Gasteiger partial charge on any atom is -0.495 e. The van der Waals surface area contributed by atoms with Crippen LogP contribution in [0.4, 0.5) is 18.9 Å². The van der Waals surface area contributed by atoms with Crippen LogP contribution in [0.2, 0.25) is 5.02 Å². The summed E-state index contributed by atoms with van der Waals surface area (Å²) in [4.78, 5) is 12.6. The Labute approximate surface area is 192 Å². The molecule has 1 N–H and O–H groups in total. The predicted molar refractivity (Wildman–Crippen MR) is 120 cm³/mol. The molecule has 0 spiro atoms. The summed E-state index contributed by atoms with van der Waals surface area (Å²) in [7, 11) is 1.50. The summed E-state index contributed by atoms with van der Waals surface area (Å²) in [6.07, 6.45) is -4.63. The Bertz CT molecular complexity index is 1300. The molecule has 4 rings (SSSR count). The van der Waals surface area contributed by atoms with E-state index in [1.54, 1.807) is 60.7 Å². The van der Waals surface area contributed by atoms with Crippen molar-refractivity contribution in [2.24, 2.45) is 0 Å². The Hall–Kier alpha value is -3.78. The number of nitrogens with zero attached hydrogens (tertiary/aromatic N) is 2. The molecule has 1 amide bonds. The number of rotatable bonds is 5. The minimum absolute atomic E-state index is 0.187. The van der Waals surface area contributed by atoms with Crippen LogP contribution in [0.15, 0.2) is 78.9 Å². The van der Waals surface area contributed by atoms with E-state index in [0.29, 0.717) is 28.3 Å². The summed E-state index contributed by atoms with van der Waals surface area (Å²) in [5, 5.41) is 6.75. The van der Waals surface area contributed by atoms with Gasteiger partial charge in [0.25, 0.3) is 5.91 Å². The minimum atomic E-state index is -4.63. The first-order valence-corrected chi connectivity index (χ1v) is 10.1. The van der Waals surface area contributed by atoms with Gasteiger partial charge in [0, 0.05) is 11.1 Å². The number of anilines is 1. The maximum atomic E-state index is 13.4. The van der Waals surface area contributed by atoms with Crippen LogP contribution in [0.3, 0.4) is 0 Å². The molecule has 0 radical (unpaired) electrons. The molecule has 1 heterocycles. The SMILES string of the molecule is COc1ccccc1NC(=O)c1ccc(-c2cc(C(F)(F)F)nn2-c2ccccc2Cl)cc1. The molecule has 0 aliphatic heterocycles. The molecule has 0 fully saturated rings. The molecule has 0 saturated carbocycles. The third-order valence-corrected chi connectivity index (χ3v) is 5.20. The van der Waals surface area contributed by atoms with E-state index < -0.39 is 11.9 Å². The van der Waals surface area contributed by atoms with Crippen molar-refractivity contribution in [2.45, 2.75) is 6.18 Å². The summed E-state index contributed by atoms with van der Waals surface area (Å²) in [5.74, 6) is 0.118. The van der Waals surface area contributed by atoms with Gasteiger partial charge < -0.3 is 10.1 Å². The van der Waals surface area contributed by atoms with Crippen LogP contribution < -0.4 is 10.1 Å². The van der Waals surface area contributed by atoms with Crippen molar-refractivity contribution >= 4 is 23.2 Å². The second-order valence-electron chi connectivity index (χ2n) is 7.01. The number of amides is 1. The topological polar surface area (TPSA) is 56.1 Å². The first-order chi connectivity index (χ1) is 15.8. The summed E-state index contributed by atoms with van der Waals surface area (Å²) >= 11 is 6.20. The Morgan fingerprint density at radius 3 is 2.33 bits per heavy atom. The van der Waals surface area contributed by atoms with Crippen LogP contribution in [0.1, 0.15) is 16.1 Å². The fourth-order valence-electron chi connectivity index (χ4n) is 3.27. The maximum Gasteiger partial charge on any atom is 0.435 e. The van der Waals surface area contributed by atoms with E-state index in [9.17, 15) is 18.0 Å². The average Bonchev–Trinajstić information content (AvgIpc) is 3.26. The summed E-state index contributed by atoms with van der Waals surface area (Å²) in [5.41, 5.74) is 0.710. The monoisotopic (exact) mass is 471 g/mol. The molecule has 0 atom stereocenters. The second-order valence-corrected chi connectivity index (χ2v) is 7.41. The van der Waals surface area contributed by atoms with Crippen LogP contribution in [0.25, 0.3) is 16.9 Å². The van der Waals surface area contributed by atoms with Crippen LogP contribution in [-0.2, 0) is 6.18 Å². The van der Waals surface area contributed by atoms with Crippen molar-refractivity contribution in [3.63, 3.8) is 0 Å². The smallest absolute Gasteiger partial charge is 0.435 e. The molecule has 9 heteroatoms. The number of aromatic nitrogens is 2. The first-order valence-electron chi connectivity index (χ1n) is 9.75. The Morgan fingerprint density at radius 2 is 1.67 bits per heavy atom. The number of hydrogen-bond acceptors (Lipinski definition) is 3. The van der Waals surface area contributed by atoms with Crippen LogP contribution >= 0.6 is 11.6 Å². The van der Waals surface area contributed by atoms with E-state index in [1.165, 1.54) is 19.2 Å². The van der Waals surface area contributed by atoms with Gasteiger partial charge in [-0.3, -0.25) is 4.79 Å². The van der Waals surface area contributed by atoms with Gasteiger partial charge in [0.2, 0.25) is 0 Å². The molecule has 5 nitrogen and oxygen atoms in total. The fraction of sp³-hybridized carbons (Fsp3) is 0.0833. The molecular formula is C24H17ClF3N3O2. The largest absolute Gasteiger partial charge is 0.495 e. The van der Waals surface area contributed by atoms with Gasteiger partial charge in [0.1, 0.15) is 5.75 Å². The van der Waals surface area contributed by atoms with E-state index in [4.69, 9.17) is 16.3 Å². The van der Waals surface area contributed by atoms with Gasteiger partial charge in [-0.15, -0.1) is 0 Å². The van der Waals surface area contributed by atoms with Gasteiger partial charge in [-0.2, -0.15) is 18.3 Å². The normalized spacial score (nSPS) is 11.3. The summed E-state index contributed by atoms with van der Waals surface area (Å²) in [6, 6.07) is 20.6. The number of halogens is 4. The van der Waals surface area contributed by atoms with Gasteiger partial charge in [-0.25, -0.2) is 4.68 Å². The summed E-state index contributed by atoms with van der Waals surface area (Å²) < 4.78 is 46.5. The van der Waals surface area contributed by atoms with E-state index >= 15 is 0 Å². The third-order valence-electron chi connectivity index (χ3n) is 4.88. The van der Waals surface area contributed by atoms with E-state index in [2.05, 4.69) is 10.4 Å². The predicted octanol–water partition coefficient (Wildman–Crippen LogP) is 6.47. The van der Waals surface area contributed by atoms with Gasteiger partial charge in [-0.1, -0.05) is 48.0 Å². The number of carbonyl (C=O) groups is 1. The standard InChI is InChI=1S/C24H17ClF3N3O2/c1-33-21-9-5-3-7-18(21)29-23(32)16-12-10-15(11-13-16)20-14-22(24(26,27)28)30-31(20)19-8-4-2-6-17(19)25/h2-14H,1H3,(H,29,32). The zero-order valence-electron chi connectivity index (χ0n) is 17.2. The van der Waals surface area contributed by atoms with Gasteiger partial charge in [0.15, 0.2) is 5.69 Å². The van der Waals surface area contributed by atoms with E-state index in [-0.39, 0.29) is 16.6 Å². The molecule has 0 saturated heterocycles. The van der Waals surface area contributed by atoms with Crippen molar-refractivity contribution in [3.05, 3.63) is 95.1 Å². The van der Waals surface area contributed by atoms with Crippen molar-refractivity contribution in [1.82, 2.24) is 9.78 Å². The molecular weight excluding hydrogens is 455 g/mol. The number of para-hydroxylation sites is 3. The van der Waals surface area contributed by atoms with Crippen molar-refractivity contribution in [2.75, 3.05) is 12.4 Å². The van der Waals surface area contributed by atoms with Crippen LogP contribution in [0, 0.1) is 0 Å². The van der Waals surface area contributed by atoms with Gasteiger partial charge in [-0.05, 0) is 42.5 Å². The number of carbonyl (C=O) groups excluding carboxylic acids is 1. The Balaban J connectivity index is 1.68. The lowest BCUT2D eigenvalue weighted by Crippen LogP contribution is -2.12. The molecule has 168 valence electrons. The summed E-state index contributed by atoms with van der Waals surface area (Å²) in [6.45, 7) is 0. The molecule has 1 aromatic heterocycles. The first kappa shape index (κ1) is 22.4. The molecule has 0 bridgehead atoms. The number of ether oxygens (including phenoxy) is 1. The number of nitrogens with one attached hydrogen (secondary N) is 1. The maximum absolute atomic E-state index is 13.4. The number of benzene rings is 3. The molecule has 4 aromatic rings. The average molecular weight is 472 g/mol. The molecule has 0 aliphatic carbocycles. The highest BCUT2D eigenvalue weighted by Crippen LogP contribution is 2.34. The Kier molecular flexibility index (Phi) is 6.11. The van der Waals surface area contributed by atoms with E-state index in [0.717, 1.165) is 10.7 Å².